The number of nitrogens with two attached hydrogens (primary N) is 2. The molecule has 0 aliphatic heterocycles. The number of aromatic nitrogens is 1. The topological polar surface area (TPSA) is 142 Å². The van der Waals surface area contributed by atoms with Crippen LogP contribution in [0.4, 0.5) is 20.3 Å². The van der Waals surface area contributed by atoms with Gasteiger partial charge < -0.3 is 15.8 Å². The lowest BCUT2D eigenvalue weighted by molar-refractivity contribution is -0.392. The Morgan fingerprint density at radius 1 is 1.47 bits per heavy atom. The van der Waals surface area contributed by atoms with Gasteiger partial charge in [-0.15, -0.1) is 0 Å². The third-order valence-electron chi connectivity index (χ3n) is 1.68. The first-order chi connectivity index (χ1) is 7.64. The number of alkyl halides is 2. The Hall–Kier alpha value is -1.88. The normalized spacial score (nSPS) is 11.8. The molecule has 0 unspecified atom stereocenters. The second-order valence-electron chi connectivity index (χ2n) is 2.89. The zero-order chi connectivity index (χ0) is 13.4. The molecule has 0 atom stereocenters. The molecule has 1 heterocycles. The smallest absolute Gasteiger partial charge is 0.386 e. The Morgan fingerprint density at radius 3 is 2.35 bits per heavy atom. The van der Waals surface area contributed by atoms with Crippen molar-refractivity contribution in [3.05, 3.63) is 21.9 Å². The van der Waals surface area contributed by atoms with E-state index in [4.69, 9.17) is 5.73 Å². The minimum absolute atomic E-state index is 0.525. The first kappa shape index (κ1) is 13.2. The molecule has 0 amide bonds. The summed E-state index contributed by atoms with van der Waals surface area (Å²) in [7, 11) is -4.53. The standard InChI is InChI=1S/C6H6F2N4O4S/c7-5(8)3-1-2(9)4(17(10,15)16)6(11-3)12(13)14/h1,5H,(H2,9,11)(H2,10,15,16). The van der Waals surface area contributed by atoms with Crippen molar-refractivity contribution in [3.63, 3.8) is 0 Å². The maximum Gasteiger partial charge on any atom is 0.386 e. The van der Waals surface area contributed by atoms with E-state index in [1.165, 1.54) is 0 Å². The molecule has 94 valence electrons. The summed E-state index contributed by atoms with van der Waals surface area (Å²) in [4.78, 5) is 11.1. The van der Waals surface area contributed by atoms with E-state index in [9.17, 15) is 27.3 Å². The molecule has 0 aliphatic carbocycles. The third-order valence-corrected chi connectivity index (χ3v) is 2.67. The molecule has 0 spiro atoms. The van der Waals surface area contributed by atoms with Crippen LogP contribution in [-0.4, -0.2) is 18.3 Å². The van der Waals surface area contributed by atoms with E-state index in [0.717, 1.165) is 0 Å². The van der Waals surface area contributed by atoms with Gasteiger partial charge in [0.1, 0.15) is 0 Å². The van der Waals surface area contributed by atoms with Crippen LogP contribution in [0.15, 0.2) is 11.0 Å². The van der Waals surface area contributed by atoms with E-state index in [1.54, 1.807) is 0 Å². The first-order valence-corrected chi connectivity index (χ1v) is 5.45. The summed E-state index contributed by atoms with van der Waals surface area (Å²) >= 11 is 0. The lowest BCUT2D eigenvalue weighted by atomic mass is 10.3. The molecule has 0 radical (unpaired) electrons. The quantitative estimate of drug-likeness (QED) is 0.590. The van der Waals surface area contributed by atoms with Crippen molar-refractivity contribution in [3.8, 4) is 0 Å². The van der Waals surface area contributed by atoms with Crippen molar-refractivity contribution >= 4 is 21.5 Å². The summed E-state index contributed by atoms with van der Waals surface area (Å²) in [6.45, 7) is 0. The lowest BCUT2D eigenvalue weighted by Crippen LogP contribution is -2.18. The van der Waals surface area contributed by atoms with Crippen LogP contribution in [-0.2, 0) is 10.0 Å². The number of halogens is 2. The van der Waals surface area contributed by atoms with Gasteiger partial charge in [0.2, 0.25) is 20.6 Å². The second-order valence-corrected chi connectivity index (χ2v) is 4.39. The maximum atomic E-state index is 12.3. The van der Waals surface area contributed by atoms with E-state index in [2.05, 4.69) is 10.1 Å². The van der Waals surface area contributed by atoms with E-state index in [0.29, 0.717) is 6.07 Å². The molecule has 1 aromatic heterocycles. The van der Waals surface area contributed by atoms with Crippen molar-refractivity contribution < 1.29 is 22.1 Å². The molecule has 0 aromatic carbocycles. The van der Waals surface area contributed by atoms with Crippen LogP contribution in [0, 0.1) is 10.1 Å². The van der Waals surface area contributed by atoms with Gasteiger partial charge in [0.15, 0.2) is 0 Å². The number of primary sulfonamides is 1. The number of nitrogen functional groups attached to an aromatic ring is 1. The van der Waals surface area contributed by atoms with Gasteiger partial charge in [-0.2, -0.15) is 0 Å². The van der Waals surface area contributed by atoms with Gasteiger partial charge in [-0.1, -0.05) is 0 Å². The second kappa shape index (κ2) is 4.18. The van der Waals surface area contributed by atoms with Crippen molar-refractivity contribution in [2.75, 3.05) is 5.73 Å². The molecule has 0 bridgehead atoms. The minimum Gasteiger partial charge on any atom is -0.397 e. The molecular formula is C6H6F2N4O4S. The minimum atomic E-state index is -4.53. The number of hydrogen-bond acceptors (Lipinski definition) is 6. The molecule has 1 rings (SSSR count). The van der Waals surface area contributed by atoms with Crippen LogP contribution >= 0.6 is 0 Å². The monoisotopic (exact) mass is 268 g/mol. The van der Waals surface area contributed by atoms with Crippen molar-refractivity contribution in [2.24, 2.45) is 5.14 Å². The van der Waals surface area contributed by atoms with Crippen LogP contribution in [0.3, 0.4) is 0 Å². The Kier molecular flexibility index (Phi) is 3.24. The fourth-order valence-corrected chi connectivity index (χ4v) is 1.85. The van der Waals surface area contributed by atoms with Gasteiger partial charge in [0, 0.05) is 6.07 Å². The van der Waals surface area contributed by atoms with Crippen molar-refractivity contribution in [1.29, 1.82) is 0 Å². The average molecular weight is 268 g/mol. The molecule has 0 fully saturated rings. The predicted molar refractivity (Wildman–Crippen MR) is 51.6 cm³/mol. The highest BCUT2D eigenvalue weighted by Crippen LogP contribution is 2.30. The van der Waals surface area contributed by atoms with Crippen LogP contribution in [0.2, 0.25) is 0 Å². The number of pyridine rings is 1. The van der Waals surface area contributed by atoms with Crippen LogP contribution in [0.25, 0.3) is 0 Å². The molecule has 0 aliphatic rings. The molecule has 8 nitrogen and oxygen atoms in total. The Labute approximate surface area is 93.4 Å². The Morgan fingerprint density at radius 2 is 2.00 bits per heavy atom. The SMILES string of the molecule is Nc1cc(C(F)F)nc([N+](=O)[O-])c1S(N)(=O)=O. The number of sulfonamides is 1. The number of rotatable bonds is 3. The molecular weight excluding hydrogens is 262 g/mol. The molecule has 1 aromatic rings. The summed E-state index contributed by atoms with van der Waals surface area (Å²) in [5.41, 5.74) is 3.40. The highest BCUT2D eigenvalue weighted by atomic mass is 32.2. The fraction of sp³-hybridized carbons (Fsp3) is 0.167. The molecule has 4 N–H and O–H groups in total. The van der Waals surface area contributed by atoms with Gasteiger partial charge in [0.25, 0.3) is 0 Å². The van der Waals surface area contributed by atoms with E-state index in [1.807, 2.05) is 0 Å². The number of nitro groups is 1. The van der Waals surface area contributed by atoms with Crippen LogP contribution in [0.1, 0.15) is 12.1 Å². The first-order valence-electron chi connectivity index (χ1n) is 3.90. The van der Waals surface area contributed by atoms with Gasteiger partial charge >= 0.3 is 12.2 Å². The summed E-state index contributed by atoms with van der Waals surface area (Å²) < 4.78 is 46.6. The summed E-state index contributed by atoms with van der Waals surface area (Å²) in [5, 5.41) is 15.2. The zero-order valence-electron chi connectivity index (χ0n) is 8.00. The van der Waals surface area contributed by atoms with Crippen molar-refractivity contribution in [2.45, 2.75) is 11.3 Å². The van der Waals surface area contributed by atoms with Crippen LogP contribution in [0.5, 0.6) is 0 Å². The number of hydrogen-bond donors (Lipinski definition) is 2. The third kappa shape index (κ3) is 2.62. The largest absolute Gasteiger partial charge is 0.397 e. The Balaban J connectivity index is 3.68. The zero-order valence-corrected chi connectivity index (χ0v) is 8.82. The summed E-state index contributed by atoms with van der Waals surface area (Å²) in [6.07, 6.45) is -3.12. The number of nitrogens with zero attached hydrogens (tertiary/aromatic N) is 2. The van der Waals surface area contributed by atoms with E-state index < -0.39 is 43.5 Å². The van der Waals surface area contributed by atoms with E-state index in [-0.39, 0.29) is 0 Å². The van der Waals surface area contributed by atoms with Gasteiger partial charge in [-0.25, -0.2) is 22.3 Å². The highest BCUT2D eigenvalue weighted by molar-refractivity contribution is 7.89. The predicted octanol–water partition coefficient (Wildman–Crippen LogP) is 0.157. The van der Waals surface area contributed by atoms with E-state index >= 15 is 0 Å². The van der Waals surface area contributed by atoms with Gasteiger partial charge in [0.05, 0.1) is 5.69 Å². The molecule has 11 heteroatoms. The molecule has 0 saturated heterocycles. The molecule has 0 saturated carbocycles. The fourth-order valence-electron chi connectivity index (χ4n) is 1.09. The van der Waals surface area contributed by atoms with Crippen LogP contribution < -0.4 is 10.9 Å². The van der Waals surface area contributed by atoms with Gasteiger partial charge in [-0.3, -0.25) is 0 Å². The van der Waals surface area contributed by atoms with Crippen molar-refractivity contribution in [1.82, 2.24) is 4.98 Å². The summed E-state index contributed by atoms with van der Waals surface area (Å²) in [6, 6.07) is 0.525. The Bertz CT molecular complexity index is 574. The molecule has 17 heavy (non-hydrogen) atoms. The lowest BCUT2D eigenvalue weighted by Gasteiger charge is -2.05. The summed E-state index contributed by atoms with van der Waals surface area (Å²) in [5.74, 6) is -1.32. The average Bonchev–Trinajstić information content (AvgIpc) is 2.13. The highest BCUT2D eigenvalue weighted by Gasteiger charge is 2.31. The maximum absolute atomic E-state index is 12.3. The number of anilines is 1. The van der Waals surface area contributed by atoms with Gasteiger partial charge in [-0.05, 0) is 9.91 Å².